The maximum Gasteiger partial charge on any atom is 0.335 e. The normalized spacial score (nSPS) is 15.4. The third-order valence-electron chi connectivity index (χ3n) is 4.01. The summed E-state index contributed by atoms with van der Waals surface area (Å²) in [6.45, 7) is 2.32. The van der Waals surface area contributed by atoms with E-state index in [1.54, 1.807) is 49.4 Å². The SMILES string of the molecule is CCN1C(=O)S/C(=C/c2ccc(OCc3cccc(C(=O)O)c3)c(Br)c2)C1=O. The summed E-state index contributed by atoms with van der Waals surface area (Å²) in [5, 5.41) is 8.79. The molecule has 2 aromatic rings. The number of carbonyl (C=O) groups excluding carboxylic acids is 2. The molecule has 6 nitrogen and oxygen atoms in total. The van der Waals surface area contributed by atoms with Crippen LogP contribution in [0.5, 0.6) is 5.75 Å². The van der Waals surface area contributed by atoms with E-state index in [1.807, 2.05) is 0 Å². The Morgan fingerprint density at radius 1 is 1.25 bits per heavy atom. The Labute approximate surface area is 174 Å². The van der Waals surface area contributed by atoms with Gasteiger partial charge >= 0.3 is 5.97 Å². The van der Waals surface area contributed by atoms with Gasteiger partial charge in [-0.2, -0.15) is 0 Å². The summed E-state index contributed by atoms with van der Waals surface area (Å²) < 4.78 is 6.45. The summed E-state index contributed by atoms with van der Waals surface area (Å²) in [7, 11) is 0. The van der Waals surface area contributed by atoms with Crippen LogP contribution in [0.2, 0.25) is 0 Å². The quantitative estimate of drug-likeness (QED) is 0.622. The highest BCUT2D eigenvalue weighted by atomic mass is 79.9. The monoisotopic (exact) mass is 461 g/mol. The molecule has 0 bridgehead atoms. The molecule has 0 unspecified atom stereocenters. The second kappa shape index (κ2) is 8.62. The molecule has 28 heavy (non-hydrogen) atoms. The predicted octanol–water partition coefficient (Wildman–Crippen LogP) is 4.78. The fourth-order valence-electron chi connectivity index (χ4n) is 2.60. The Kier molecular flexibility index (Phi) is 6.21. The second-order valence-electron chi connectivity index (χ2n) is 5.91. The van der Waals surface area contributed by atoms with Crippen molar-refractivity contribution in [2.45, 2.75) is 13.5 Å². The Morgan fingerprint density at radius 3 is 2.68 bits per heavy atom. The largest absolute Gasteiger partial charge is 0.488 e. The topological polar surface area (TPSA) is 83.9 Å². The highest BCUT2D eigenvalue weighted by Gasteiger charge is 2.33. The number of likely N-dealkylation sites (N-methyl/N-ethyl adjacent to an activating group) is 1. The molecule has 1 saturated heterocycles. The molecule has 0 aromatic heterocycles. The molecule has 1 aliphatic heterocycles. The van der Waals surface area contributed by atoms with Crippen LogP contribution in [-0.2, 0) is 11.4 Å². The fraction of sp³-hybridized carbons (Fsp3) is 0.150. The number of ether oxygens (including phenoxy) is 1. The van der Waals surface area contributed by atoms with Crippen molar-refractivity contribution in [3.05, 3.63) is 68.5 Å². The highest BCUT2D eigenvalue weighted by molar-refractivity contribution is 9.10. The Balaban J connectivity index is 1.72. The van der Waals surface area contributed by atoms with Gasteiger partial charge in [0.2, 0.25) is 0 Å². The van der Waals surface area contributed by atoms with E-state index >= 15 is 0 Å². The van der Waals surface area contributed by atoms with Gasteiger partial charge in [-0.15, -0.1) is 0 Å². The maximum absolute atomic E-state index is 12.2. The molecule has 3 rings (SSSR count). The number of halogens is 1. The van der Waals surface area contributed by atoms with Crippen LogP contribution in [0.25, 0.3) is 6.08 Å². The number of nitrogens with zero attached hydrogens (tertiary/aromatic N) is 1. The van der Waals surface area contributed by atoms with Crippen molar-refractivity contribution >= 4 is 50.9 Å². The van der Waals surface area contributed by atoms with Crippen LogP contribution in [-0.4, -0.2) is 33.7 Å². The number of carboxylic acids is 1. The van der Waals surface area contributed by atoms with Gasteiger partial charge in [0, 0.05) is 6.54 Å². The van der Waals surface area contributed by atoms with Gasteiger partial charge in [0.05, 0.1) is 14.9 Å². The summed E-state index contributed by atoms with van der Waals surface area (Å²) in [6, 6.07) is 11.9. The van der Waals surface area contributed by atoms with Crippen LogP contribution >= 0.6 is 27.7 Å². The first kappa shape index (κ1) is 20.2. The molecular formula is C20H16BrNO5S. The van der Waals surface area contributed by atoms with Crippen molar-refractivity contribution in [1.82, 2.24) is 4.90 Å². The summed E-state index contributed by atoms with van der Waals surface area (Å²) in [6.07, 6.45) is 1.67. The first-order chi connectivity index (χ1) is 13.4. The Hall–Kier alpha value is -2.58. The van der Waals surface area contributed by atoms with Gasteiger partial charge in [-0.1, -0.05) is 18.2 Å². The Bertz CT molecular complexity index is 988. The summed E-state index contributed by atoms with van der Waals surface area (Å²) in [5.41, 5.74) is 1.70. The van der Waals surface area contributed by atoms with E-state index in [2.05, 4.69) is 15.9 Å². The first-order valence-electron chi connectivity index (χ1n) is 8.39. The zero-order valence-electron chi connectivity index (χ0n) is 14.8. The van der Waals surface area contributed by atoms with Crippen molar-refractivity contribution < 1.29 is 24.2 Å². The molecule has 0 saturated carbocycles. The average molecular weight is 462 g/mol. The van der Waals surface area contributed by atoms with Crippen molar-refractivity contribution in [1.29, 1.82) is 0 Å². The number of carbonyl (C=O) groups is 3. The predicted molar refractivity (Wildman–Crippen MR) is 110 cm³/mol. The molecule has 8 heteroatoms. The molecule has 0 spiro atoms. The first-order valence-corrected chi connectivity index (χ1v) is 10.00. The van der Waals surface area contributed by atoms with Crippen molar-refractivity contribution in [3.8, 4) is 5.75 Å². The molecule has 1 N–H and O–H groups in total. The molecule has 1 heterocycles. The molecule has 0 radical (unpaired) electrons. The van der Waals surface area contributed by atoms with Gasteiger partial charge in [-0.3, -0.25) is 14.5 Å². The van der Waals surface area contributed by atoms with Crippen LogP contribution in [0.15, 0.2) is 51.8 Å². The number of aromatic carboxylic acids is 1. The van der Waals surface area contributed by atoms with Gasteiger partial charge in [0.1, 0.15) is 12.4 Å². The van der Waals surface area contributed by atoms with Gasteiger partial charge in [0.25, 0.3) is 11.1 Å². The zero-order valence-corrected chi connectivity index (χ0v) is 17.2. The number of amides is 2. The summed E-state index contributed by atoms with van der Waals surface area (Å²) >= 11 is 4.37. The standard InChI is InChI=1S/C20H16BrNO5S/c1-2-22-18(23)17(28-20(22)26)10-12-6-7-16(15(21)9-12)27-11-13-4-3-5-14(8-13)19(24)25/h3-10H,2,11H2,1H3,(H,24,25)/b17-10+. The van der Waals surface area contributed by atoms with Gasteiger partial charge < -0.3 is 9.84 Å². The number of thioether (sulfide) groups is 1. The molecule has 2 amide bonds. The lowest BCUT2D eigenvalue weighted by molar-refractivity contribution is -0.122. The minimum Gasteiger partial charge on any atom is -0.488 e. The van der Waals surface area contributed by atoms with E-state index in [9.17, 15) is 14.4 Å². The van der Waals surface area contributed by atoms with Crippen LogP contribution in [0.4, 0.5) is 4.79 Å². The average Bonchev–Trinajstić information content (AvgIpc) is 2.94. The molecule has 1 aliphatic rings. The number of benzene rings is 2. The molecule has 1 fully saturated rings. The van der Waals surface area contributed by atoms with Gasteiger partial charge in [-0.25, -0.2) is 4.79 Å². The lowest BCUT2D eigenvalue weighted by Crippen LogP contribution is -2.27. The summed E-state index contributed by atoms with van der Waals surface area (Å²) in [4.78, 5) is 36.6. The van der Waals surface area contributed by atoms with E-state index in [0.717, 1.165) is 22.9 Å². The second-order valence-corrected chi connectivity index (χ2v) is 7.76. The van der Waals surface area contributed by atoms with Gasteiger partial charge in [0.15, 0.2) is 0 Å². The van der Waals surface area contributed by atoms with E-state index in [-0.39, 0.29) is 23.3 Å². The van der Waals surface area contributed by atoms with E-state index in [1.165, 1.54) is 11.0 Å². The van der Waals surface area contributed by atoms with Crippen LogP contribution < -0.4 is 4.74 Å². The van der Waals surface area contributed by atoms with E-state index < -0.39 is 5.97 Å². The molecule has 0 aliphatic carbocycles. The minimum absolute atomic E-state index is 0.205. The van der Waals surface area contributed by atoms with Crippen molar-refractivity contribution in [2.24, 2.45) is 0 Å². The lowest BCUT2D eigenvalue weighted by atomic mass is 10.1. The third kappa shape index (κ3) is 4.45. The molecule has 2 aromatic carbocycles. The van der Waals surface area contributed by atoms with Crippen LogP contribution in [0, 0.1) is 0 Å². The number of rotatable bonds is 6. The number of imide groups is 1. The number of carboxylic acid groups (broad SMARTS) is 1. The number of hydrogen-bond acceptors (Lipinski definition) is 5. The zero-order chi connectivity index (χ0) is 20.3. The summed E-state index contributed by atoms with van der Waals surface area (Å²) in [5.74, 6) is -0.688. The third-order valence-corrected chi connectivity index (χ3v) is 5.54. The Morgan fingerprint density at radius 2 is 2.04 bits per heavy atom. The maximum atomic E-state index is 12.2. The molecule has 144 valence electrons. The van der Waals surface area contributed by atoms with Crippen molar-refractivity contribution in [3.63, 3.8) is 0 Å². The highest BCUT2D eigenvalue weighted by Crippen LogP contribution is 2.33. The lowest BCUT2D eigenvalue weighted by Gasteiger charge is -2.10. The van der Waals surface area contributed by atoms with Crippen LogP contribution in [0.3, 0.4) is 0 Å². The fourth-order valence-corrected chi connectivity index (χ4v) is 4.02. The van der Waals surface area contributed by atoms with E-state index in [0.29, 0.717) is 21.7 Å². The van der Waals surface area contributed by atoms with Crippen LogP contribution in [0.1, 0.15) is 28.4 Å². The molecular weight excluding hydrogens is 446 g/mol. The van der Waals surface area contributed by atoms with Gasteiger partial charge in [-0.05, 0) is 76.1 Å². The minimum atomic E-state index is -0.986. The molecule has 0 atom stereocenters. The van der Waals surface area contributed by atoms with Crippen molar-refractivity contribution in [2.75, 3.05) is 6.54 Å². The van der Waals surface area contributed by atoms with E-state index in [4.69, 9.17) is 9.84 Å². The smallest absolute Gasteiger partial charge is 0.335 e. The number of hydrogen-bond donors (Lipinski definition) is 1.